The Kier molecular flexibility index (Phi) is 6.03. The SMILES string of the molecule is CC(F)(F)CN1C(=O)C2=C(C(c3cccc4[nH]c(=O)oc34)=NC2)C1c1ccc(Oc2ccc3onc(C(F)(F)F)c3c2)cc1. The standard InChI is InChI=1S/C30H19F5N4O5/c1-29(31,32)13-39-24(22-19(27(39)40)12-36-23(22)17-3-2-4-20-25(17)43-28(41)37-20)14-5-7-15(8-6-14)42-16-9-10-21-18(11-16)26(38-44-21)30(33,34)35/h2-11,24H,12-13H2,1H3,(H,37,41). The van der Waals surface area contributed by atoms with Crippen LogP contribution < -0.4 is 10.5 Å². The highest BCUT2D eigenvalue weighted by Gasteiger charge is 2.47. The topological polar surface area (TPSA) is 114 Å². The van der Waals surface area contributed by atoms with E-state index in [4.69, 9.17) is 13.7 Å². The molecule has 9 nitrogen and oxygen atoms in total. The molecule has 0 spiro atoms. The number of aliphatic imine (C=N–C) groups is 1. The third-order valence-corrected chi connectivity index (χ3v) is 7.37. The van der Waals surface area contributed by atoms with E-state index >= 15 is 0 Å². The number of halogens is 5. The fourth-order valence-corrected chi connectivity index (χ4v) is 5.63. The summed E-state index contributed by atoms with van der Waals surface area (Å²) < 4.78 is 84.5. The molecule has 3 aromatic carbocycles. The number of hydrogen-bond acceptors (Lipinski definition) is 7. The molecular formula is C30H19F5N4O5. The van der Waals surface area contributed by atoms with Crippen LogP contribution in [0.25, 0.3) is 22.1 Å². The molecule has 14 heteroatoms. The van der Waals surface area contributed by atoms with Gasteiger partial charge in [-0.05, 0) is 48.0 Å². The number of aromatic nitrogens is 2. The third kappa shape index (κ3) is 4.62. The number of nitrogens with zero attached hydrogens (tertiary/aromatic N) is 3. The lowest BCUT2D eigenvalue weighted by molar-refractivity contribution is -0.141. The van der Waals surface area contributed by atoms with Crippen LogP contribution in [0.15, 0.2) is 90.5 Å². The molecule has 2 aliphatic rings. The molecule has 0 fully saturated rings. The maximum absolute atomic E-state index is 14.3. The minimum absolute atomic E-state index is 0.0384. The number of rotatable bonds is 6. The Bertz CT molecular complexity index is 2080. The van der Waals surface area contributed by atoms with E-state index in [9.17, 15) is 31.5 Å². The van der Waals surface area contributed by atoms with E-state index in [-0.39, 0.29) is 40.2 Å². The van der Waals surface area contributed by atoms with Crippen molar-refractivity contribution >= 4 is 33.7 Å². The summed E-state index contributed by atoms with van der Waals surface area (Å²) in [4.78, 5) is 33.6. The summed E-state index contributed by atoms with van der Waals surface area (Å²) in [6.07, 6.45) is -4.72. The van der Waals surface area contributed by atoms with Crippen molar-refractivity contribution in [3.8, 4) is 11.5 Å². The molecule has 2 aliphatic heterocycles. The normalized spacial score (nSPS) is 17.2. The molecule has 0 radical (unpaired) electrons. The van der Waals surface area contributed by atoms with Gasteiger partial charge in [-0.3, -0.25) is 14.8 Å². The molecule has 224 valence electrons. The van der Waals surface area contributed by atoms with Gasteiger partial charge in [-0.2, -0.15) is 13.2 Å². The maximum Gasteiger partial charge on any atom is 0.437 e. The lowest BCUT2D eigenvalue weighted by atomic mass is 9.91. The van der Waals surface area contributed by atoms with Gasteiger partial charge in [-0.15, -0.1) is 0 Å². The van der Waals surface area contributed by atoms with E-state index in [1.165, 1.54) is 24.3 Å². The fourth-order valence-electron chi connectivity index (χ4n) is 5.63. The summed E-state index contributed by atoms with van der Waals surface area (Å²) in [5.41, 5.74) is 1.30. The molecule has 5 aromatic rings. The van der Waals surface area contributed by atoms with E-state index in [2.05, 4.69) is 15.1 Å². The number of oxazole rings is 1. The van der Waals surface area contributed by atoms with Crippen molar-refractivity contribution in [2.75, 3.05) is 13.1 Å². The van der Waals surface area contributed by atoms with Crippen LogP contribution in [0.3, 0.4) is 0 Å². The Morgan fingerprint density at radius 1 is 1.02 bits per heavy atom. The first kappa shape index (κ1) is 27.6. The molecule has 1 unspecified atom stereocenters. The Labute approximate surface area is 243 Å². The zero-order chi connectivity index (χ0) is 31.0. The van der Waals surface area contributed by atoms with Crippen LogP contribution in [-0.2, 0) is 11.0 Å². The Hall–Kier alpha value is -5.27. The highest BCUT2D eigenvalue weighted by atomic mass is 19.4. The molecule has 4 heterocycles. The fraction of sp³-hybridized carbons (Fsp3) is 0.200. The first-order valence-electron chi connectivity index (χ1n) is 13.2. The molecular weight excluding hydrogens is 591 g/mol. The number of fused-ring (bicyclic) bond motifs is 2. The number of hydrogen-bond donors (Lipinski definition) is 1. The zero-order valence-electron chi connectivity index (χ0n) is 22.5. The number of carbonyl (C=O) groups is 1. The number of aromatic amines is 1. The van der Waals surface area contributed by atoms with Gasteiger partial charge < -0.3 is 18.6 Å². The molecule has 1 amide bonds. The van der Waals surface area contributed by atoms with Crippen molar-refractivity contribution in [1.82, 2.24) is 15.0 Å². The average molecular weight is 610 g/mol. The van der Waals surface area contributed by atoms with Gasteiger partial charge >= 0.3 is 11.9 Å². The lowest BCUT2D eigenvalue weighted by Crippen LogP contribution is -2.40. The van der Waals surface area contributed by atoms with E-state index < -0.39 is 42.0 Å². The number of nitrogens with one attached hydrogen (secondary N) is 1. The summed E-state index contributed by atoms with van der Waals surface area (Å²) in [6, 6.07) is 14.1. The second-order valence-corrected chi connectivity index (χ2v) is 10.5. The van der Waals surface area contributed by atoms with Crippen molar-refractivity contribution in [1.29, 1.82) is 0 Å². The molecule has 0 saturated carbocycles. The van der Waals surface area contributed by atoms with Gasteiger partial charge in [0.2, 0.25) is 0 Å². The van der Waals surface area contributed by atoms with Crippen LogP contribution in [-0.4, -0.2) is 45.7 Å². The minimum atomic E-state index is -4.72. The van der Waals surface area contributed by atoms with Gasteiger partial charge in [0.1, 0.15) is 11.5 Å². The van der Waals surface area contributed by atoms with Crippen LogP contribution in [0, 0.1) is 0 Å². The number of benzene rings is 3. The third-order valence-electron chi connectivity index (χ3n) is 7.37. The Morgan fingerprint density at radius 3 is 2.50 bits per heavy atom. The molecule has 1 atom stereocenters. The predicted molar refractivity (Wildman–Crippen MR) is 146 cm³/mol. The van der Waals surface area contributed by atoms with E-state index in [1.54, 1.807) is 30.3 Å². The molecule has 2 aromatic heterocycles. The van der Waals surface area contributed by atoms with Gasteiger partial charge in [0.05, 0.1) is 35.7 Å². The number of alkyl halides is 5. The van der Waals surface area contributed by atoms with Crippen molar-refractivity contribution in [2.45, 2.75) is 25.1 Å². The largest absolute Gasteiger partial charge is 0.457 e. The number of H-pyrrole nitrogens is 1. The van der Waals surface area contributed by atoms with Crippen molar-refractivity contribution in [3.05, 3.63) is 99.2 Å². The van der Waals surface area contributed by atoms with Gasteiger partial charge in [-0.25, -0.2) is 13.6 Å². The Balaban J connectivity index is 1.25. The van der Waals surface area contributed by atoms with Gasteiger partial charge in [0.15, 0.2) is 16.9 Å². The monoisotopic (exact) mass is 610 g/mol. The van der Waals surface area contributed by atoms with Gasteiger partial charge in [0.25, 0.3) is 11.8 Å². The van der Waals surface area contributed by atoms with Crippen LogP contribution >= 0.6 is 0 Å². The molecule has 0 aliphatic carbocycles. The first-order chi connectivity index (χ1) is 20.9. The lowest BCUT2D eigenvalue weighted by Gasteiger charge is -2.30. The minimum Gasteiger partial charge on any atom is -0.457 e. The van der Waals surface area contributed by atoms with Gasteiger partial charge in [-0.1, -0.05) is 23.4 Å². The second-order valence-electron chi connectivity index (χ2n) is 10.5. The van der Waals surface area contributed by atoms with Crippen LogP contribution in [0.5, 0.6) is 11.5 Å². The van der Waals surface area contributed by atoms with E-state index in [1.807, 2.05) is 0 Å². The summed E-state index contributed by atoms with van der Waals surface area (Å²) in [6.45, 7) is -0.180. The van der Waals surface area contributed by atoms with Crippen LogP contribution in [0.1, 0.15) is 29.8 Å². The van der Waals surface area contributed by atoms with Crippen molar-refractivity contribution < 1.29 is 40.4 Å². The van der Waals surface area contributed by atoms with Gasteiger partial charge in [0, 0.05) is 23.6 Å². The smallest absolute Gasteiger partial charge is 0.437 e. The maximum atomic E-state index is 14.3. The molecule has 1 N–H and O–H groups in total. The summed E-state index contributed by atoms with van der Waals surface area (Å²) >= 11 is 0. The summed E-state index contributed by atoms with van der Waals surface area (Å²) in [5.74, 6) is -4.16. The van der Waals surface area contributed by atoms with Crippen molar-refractivity contribution in [3.63, 3.8) is 0 Å². The average Bonchev–Trinajstić information content (AvgIpc) is 3.71. The molecule has 44 heavy (non-hydrogen) atoms. The molecule has 0 saturated heterocycles. The number of ether oxygens (including phenoxy) is 1. The summed E-state index contributed by atoms with van der Waals surface area (Å²) in [5, 5.41) is 2.83. The predicted octanol–water partition coefficient (Wildman–Crippen LogP) is 6.41. The summed E-state index contributed by atoms with van der Waals surface area (Å²) in [7, 11) is 0. The van der Waals surface area contributed by atoms with Crippen molar-refractivity contribution in [2.24, 2.45) is 4.99 Å². The number of carbonyl (C=O) groups excluding carboxylic acids is 1. The molecule has 0 bridgehead atoms. The highest BCUT2D eigenvalue weighted by molar-refractivity contribution is 6.25. The van der Waals surface area contributed by atoms with E-state index in [0.29, 0.717) is 27.9 Å². The zero-order valence-corrected chi connectivity index (χ0v) is 22.5. The quantitative estimate of drug-likeness (QED) is 0.222. The number of amides is 1. The highest BCUT2D eigenvalue weighted by Crippen LogP contribution is 2.45. The van der Waals surface area contributed by atoms with E-state index in [0.717, 1.165) is 17.9 Å². The van der Waals surface area contributed by atoms with Crippen LogP contribution in [0.4, 0.5) is 22.0 Å². The number of para-hydroxylation sites is 1. The first-order valence-corrected chi connectivity index (χ1v) is 13.2. The van der Waals surface area contributed by atoms with Crippen LogP contribution in [0.2, 0.25) is 0 Å². The Morgan fingerprint density at radius 2 is 1.77 bits per heavy atom. The molecule has 7 rings (SSSR count). The second kappa shape index (κ2) is 9.62.